The van der Waals surface area contributed by atoms with Crippen LogP contribution in [0.3, 0.4) is 0 Å². The van der Waals surface area contributed by atoms with Crippen LogP contribution in [0.1, 0.15) is 31.9 Å². The average molecular weight is 275 g/mol. The molecular formula is C17H29N3. The molecule has 1 aromatic carbocycles. The molecular weight excluding hydrogens is 246 g/mol. The van der Waals surface area contributed by atoms with Gasteiger partial charge in [0.1, 0.15) is 0 Å². The molecule has 1 N–H and O–H groups in total. The molecule has 0 aliphatic carbocycles. The molecule has 0 spiro atoms. The summed E-state index contributed by atoms with van der Waals surface area (Å²) in [4.78, 5) is 5.16. The van der Waals surface area contributed by atoms with Crippen molar-refractivity contribution in [2.45, 2.75) is 32.4 Å². The fourth-order valence-corrected chi connectivity index (χ4v) is 3.15. The van der Waals surface area contributed by atoms with Gasteiger partial charge in [0.05, 0.1) is 0 Å². The molecule has 1 aliphatic heterocycles. The first-order valence-electron chi connectivity index (χ1n) is 7.96. The van der Waals surface area contributed by atoms with Gasteiger partial charge in [-0.1, -0.05) is 44.2 Å². The summed E-state index contributed by atoms with van der Waals surface area (Å²) in [5.74, 6) is 0. The number of rotatable bonds is 6. The van der Waals surface area contributed by atoms with Gasteiger partial charge in [-0.05, 0) is 25.6 Å². The lowest BCUT2D eigenvalue weighted by molar-refractivity contribution is 0.0495. The molecule has 1 saturated heterocycles. The quantitative estimate of drug-likeness (QED) is 0.860. The van der Waals surface area contributed by atoms with Crippen LogP contribution in [0.15, 0.2) is 30.3 Å². The fourth-order valence-electron chi connectivity index (χ4n) is 3.15. The molecule has 112 valence electrons. The summed E-state index contributed by atoms with van der Waals surface area (Å²) in [5, 5.41) is 3.52. The van der Waals surface area contributed by atoms with Crippen molar-refractivity contribution < 1.29 is 0 Å². The molecule has 2 rings (SSSR count). The maximum absolute atomic E-state index is 3.52. The van der Waals surface area contributed by atoms with Gasteiger partial charge >= 0.3 is 0 Å². The van der Waals surface area contributed by atoms with E-state index in [1.54, 1.807) is 0 Å². The van der Waals surface area contributed by atoms with Crippen LogP contribution in [0.2, 0.25) is 0 Å². The second-order valence-electron chi connectivity index (χ2n) is 5.80. The van der Waals surface area contributed by atoms with Crippen LogP contribution < -0.4 is 5.32 Å². The van der Waals surface area contributed by atoms with Gasteiger partial charge < -0.3 is 10.2 Å². The van der Waals surface area contributed by atoms with Gasteiger partial charge in [0.15, 0.2) is 0 Å². The molecule has 3 nitrogen and oxygen atoms in total. The number of nitrogens with zero attached hydrogens (tertiary/aromatic N) is 2. The first-order chi connectivity index (χ1) is 9.76. The van der Waals surface area contributed by atoms with E-state index >= 15 is 0 Å². The van der Waals surface area contributed by atoms with Crippen molar-refractivity contribution in [1.82, 2.24) is 15.1 Å². The summed E-state index contributed by atoms with van der Waals surface area (Å²) >= 11 is 0. The number of piperazine rings is 1. The molecule has 0 aromatic heterocycles. The highest BCUT2D eigenvalue weighted by molar-refractivity contribution is 5.20. The van der Waals surface area contributed by atoms with Crippen molar-refractivity contribution in [1.29, 1.82) is 0 Å². The third-order valence-corrected chi connectivity index (χ3v) is 4.38. The minimum absolute atomic E-state index is 0.526. The van der Waals surface area contributed by atoms with Crippen molar-refractivity contribution in [3.05, 3.63) is 35.9 Å². The van der Waals surface area contributed by atoms with Crippen molar-refractivity contribution >= 4 is 0 Å². The molecule has 1 heterocycles. The predicted molar refractivity (Wildman–Crippen MR) is 86.0 cm³/mol. The Morgan fingerprint density at radius 1 is 1.20 bits per heavy atom. The normalized spacial score (nSPS) is 22.9. The zero-order valence-electron chi connectivity index (χ0n) is 13.2. The van der Waals surface area contributed by atoms with E-state index in [-0.39, 0.29) is 0 Å². The van der Waals surface area contributed by atoms with E-state index in [0.717, 1.165) is 19.6 Å². The Bertz CT molecular complexity index is 379. The first kappa shape index (κ1) is 15.5. The van der Waals surface area contributed by atoms with Crippen LogP contribution in [-0.2, 0) is 0 Å². The maximum atomic E-state index is 3.52. The van der Waals surface area contributed by atoms with E-state index in [4.69, 9.17) is 0 Å². The molecule has 2 atom stereocenters. The van der Waals surface area contributed by atoms with Crippen molar-refractivity contribution in [3.63, 3.8) is 0 Å². The smallest absolute Gasteiger partial charge is 0.0479 e. The second kappa shape index (κ2) is 7.77. The minimum Gasteiger partial charge on any atom is -0.315 e. The van der Waals surface area contributed by atoms with Gasteiger partial charge in [-0.15, -0.1) is 0 Å². The first-order valence-corrected chi connectivity index (χ1v) is 7.96. The van der Waals surface area contributed by atoms with Crippen LogP contribution in [0.4, 0.5) is 0 Å². The standard InChI is InChI=1S/C17H29N3/c1-4-16(13-18-5-2)20-12-11-19(3)14-17(20)15-9-7-6-8-10-15/h6-10,16-18H,4-5,11-14H2,1-3H3. The molecule has 0 amide bonds. The van der Waals surface area contributed by atoms with E-state index in [1.165, 1.54) is 25.1 Å². The lowest BCUT2D eigenvalue weighted by Gasteiger charge is -2.44. The topological polar surface area (TPSA) is 18.5 Å². The van der Waals surface area contributed by atoms with Crippen molar-refractivity contribution in [2.75, 3.05) is 39.8 Å². The third-order valence-electron chi connectivity index (χ3n) is 4.38. The van der Waals surface area contributed by atoms with Gasteiger partial charge in [0, 0.05) is 38.3 Å². The molecule has 3 heteroatoms. The lowest BCUT2D eigenvalue weighted by atomic mass is 9.99. The van der Waals surface area contributed by atoms with Gasteiger partial charge in [-0.25, -0.2) is 0 Å². The van der Waals surface area contributed by atoms with Crippen LogP contribution in [0, 0.1) is 0 Å². The number of nitrogens with one attached hydrogen (secondary N) is 1. The van der Waals surface area contributed by atoms with E-state index in [1.807, 2.05) is 0 Å². The molecule has 1 aromatic rings. The number of likely N-dealkylation sites (N-methyl/N-ethyl adjacent to an activating group) is 2. The Morgan fingerprint density at radius 2 is 1.95 bits per heavy atom. The van der Waals surface area contributed by atoms with Crippen LogP contribution in [0.25, 0.3) is 0 Å². The molecule has 2 unspecified atom stereocenters. The summed E-state index contributed by atoms with van der Waals surface area (Å²) in [7, 11) is 2.23. The van der Waals surface area contributed by atoms with E-state index in [0.29, 0.717) is 12.1 Å². The summed E-state index contributed by atoms with van der Waals surface area (Å²) in [6.45, 7) is 10.1. The van der Waals surface area contributed by atoms with Gasteiger partial charge in [-0.2, -0.15) is 0 Å². The van der Waals surface area contributed by atoms with Gasteiger partial charge in [0.25, 0.3) is 0 Å². The summed E-state index contributed by atoms with van der Waals surface area (Å²) in [6, 6.07) is 12.1. The second-order valence-corrected chi connectivity index (χ2v) is 5.80. The third kappa shape index (κ3) is 3.81. The molecule has 0 saturated carbocycles. The highest BCUT2D eigenvalue weighted by atomic mass is 15.3. The van der Waals surface area contributed by atoms with E-state index in [2.05, 4.69) is 66.3 Å². The molecule has 1 aliphatic rings. The number of benzene rings is 1. The summed E-state index contributed by atoms with van der Waals surface area (Å²) in [5.41, 5.74) is 1.45. The van der Waals surface area contributed by atoms with Crippen LogP contribution in [-0.4, -0.2) is 55.6 Å². The maximum Gasteiger partial charge on any atom is 0.0479 e. The van der Waals surface area contributed by atoms with Crippen molar-refractivity contribution in [2.24, 2.45) is 0 Å². The zero-order chi connectivity index (χ0) is 14.4. The van der Waals surface area contributed by atoms with Crippen LogP contribution in [0.5, 0.6) is 0 Å². The Balaban J connectivity index is 2.15. The monoisotopic (exact) mass is 275 g/mol. The summed E-state index contributed by atoms with van der Waals surface area (Å²) < 4.78 is 0. The highest BCUT2D eigenvalue weighted by Gasteiger charge is 2.30. The average Bonchev–Trinajstić information content (AvgIpc) is 2.50. The largest absolute Gasteiger partial charge is 0.315 e. The fraction of sp³-hybridized carbons (Fsp3) is 0.647. The van der Waals surface area contributed by atoms with Crippen LogP contribution >= 0.6 is 0 Å². The van der Waals surface area contributed by atoms with Crippen molar-refractivity contribution in [3.8, 4) is 0 Å². The molecule has 0 radical (unpaired) electrons. The van der Waals surface area contributed by atoms with Gasteiger partial charge in [-0.3, -0.25) is 4.90 Å². The molecule has 0 bridgehead atoms. The molecule has 20 heavy (non-hydrogen) atoms. The highest BCUT2D eigenvalue weighted by Crippen LogP contribution is 2.27. The number of hydrogen-bond donors (Lipinski definition) is 1. The Kier molecular flexibility index (Phi) is 6.02. The Morgan fingerprint density at radius 3 is 2.60 bits per heavy atom. The van der Waals surface area contributed by atoms with E-state index < -0.39 is 0 Å². The SMILES string of the molecule is CCNCC(CC)N1CCN(C)CC1c1ccccc1. The Hall–Kier alpha value is -0.900. The minimum atomic E-state index is 0.526. The zero-order valence-corrected chi connectivity index (χ0v) is 13.2. The lowest BCUT2D eigenvalue weighted by Crippen LogP contribution is -2.53. The molecule has 1 fully saturated rings. The summed E-state index contributed by atoms with van der Waals surface area (Å²) in [6.07, 6.45) is 1.21. The Labute approximate surface area is 124 Å². The predicted octanol–water partition coefficient (Wildman–Crippen LogP) is 2.36. The van der Waals surface area contributed by atoms with E-state index in [9.17, 15) is 0 Å². The number of hydrogen-bond acceptors (Lipinski definition) is 3. The van der Waals surface area contributed by atoms with Gasteiger partial charge in [0.2, 0.25) is 0 Å².